The Morgan fingerprint density at radius 2 is 1.78 bits per heavy atom. The number of carbonyl (C=O) groups excluding carboxylic acids is 1. The van der Waals surface area contributed by atoms with E-state index in [0.717, 1.165) is 31.5 Å². The number of amides is 2. The molecule has 98 valence electrons. The van der Waals surface area contributed by atoms with Crippen molar-refractivity contribution in [3.63, 3.8) is 0 Å². The molecule has 0 bridgehead atoms. The monoisotopic (exact) mass is 248 g/mol. The molecule has 1 aliphatic rings. The van der Waals surface area contributed by atoms with E-state index >= 15 is 0 Å². The zero-order chi connectivity index (χ0) is 12.6. The van der Waals surface area contributed by atoms with Crippen LogP contribution in [0.4, 0.5) is 4.79 Å². The summed E-state index contributed by atoms with van der Waals surface area (Å²) in [5.74, 6) is 0. The molecule has 4 heteroatoms. The first kappa shape index (κ1) is 12.9. The molecular formula is C14H20N2O2. The molecule has 18 heavy (non-hydrogen) atoms. The lowest BCUT2D eigenvalue weighted by Crippen LogP contribution is -2.40. The number of carbonyl (C=O) groups is 1. The van der Waals surface area contributed by atoms with Gasteiger partial charge in [-0.15, -0.1) is 0 Å². The second kappa shape index (κ2) is 7.01. The molecule has 1 saturated heterocycles. The van der Waals surface area contributed by atoms with E-state index in [1.165, 1.54) is 12.8 Å². The Morgan fingerprint density at radius 3 is 2.44 bits per heavy atom. The van der Waals surface area contributed by atoms with Gasteiger partial charge in [0.1, 0.15) is 0 Å². The second-order valence-corrected chi connectivity index (χ2v) is 4.58. The highest BCUT2D eigenvalue weighted by atomic mass is 16.7. The lowest BCUT2D eigenvalue weighted by Gasteiger charge is -2.20. The van der Waals surface area contributed by atoms with Crippen molar-refractivity contribution in [2.24, 2.45) is 0 Å². The molecule has 2 rings (SSSR count). The number of hydrogen-bond acceptors (Lipinski definition) is 2. The molecule has 1 N–H and O–H groups in total. The summed E-state index contributed by atoms with van der Waals surface area (Å²) in [6, 6.07) is 9.69. The number of rotatable bonds is 3. The van der Waals surface area contributed by atoms with Crippen LogP contribution in [0.25, 0.3) is 0 Å². The van der Waals surface area contributed by atoms with Crippen LogP contribution >= 0.6 is 0 Å². The highest BCUT2D eigenvalue weighted by Crippen LogP contribution is 2.09. The zero-order valence-corrected chi connectivity index (χ0v) is 10.6. The molecule has 0 unspecified atom stereocenters. The number of hydroxylamine groups is 1. The fraction of sp³-hybridized carbons (Fsp3) is 0.500. The summed E-state index contributed by atoms with van der Waals surface area (Å²) in [6.45, 7) is 2.07. The van der Waals surface area contributed by atoms with Crippen molar-refractivity contribution in [3.8, 4) is 0 Å². The number of likely N-dealkylation sites (tertiary alicyclic amines) is 1. The number of benzene rings is 1. The van der Waals surface area contributed by atoms with Crippen molar-refractivity contribution < 1.29 is 9.63 Å². The van der Waals surface area contributed by atoms with E-state index in [4.69, 9.17) is 4.84 Å². The van der Waals surface area contributed by atoms with Gasteiger partial charge in [-0.2, -0.15) is 0 Å². The maximum absolute atomic E-state index is 11.8. The van der Waals surface area contributed by atoms with Crippen LogP contribution in [0.15, 0.2) is 30.3 Å². The summed E-state index contributed by atoms with van der Waals surface area (Å²) in [4.78, 5) is 18.9. The van der Waals surface area contributed by atoms with E-state index in [2.05, 4.69) is 5.48 Å². The maximum atomic E-state index is 11.8. The fourth-order valence-corrected chi connectivity index (χ4v) is 2.09. The van der Waals surface area contributed by atoms with E-state index in [0.29, 0.717) is 6.61 Å². The summed E-state index contributed by atoms with van der Waals surface area (Å²) in [5, 5.41) is 0. The number of hydrogen-bond donors (Lipinski definition) is 1. The molecule has 4 nitrogen and oxygen atoms in total. The lowest BCUT2D eigenvalue weighted by atomic mass is 10.2. The predicted octanol–water partition coefficient (Wildman–Crippen LogP) is 2.70. The van der Waals surface area contributed by atoms with Gasteiger partial charge in [-0.1, -0.05) is 43.2 Å². The van der Waals surface area contributed by atoms with Gasteiger partial charge in [0, 0.05) is 13.1 Å². The SMILES string of the molecule is O=C(NOCc1ccccc1)N1CCCCCC1. The smallest absolute Gasteiger partial charge is 0.323 e. The highest BCUT2D eigenvalue weighted by molar-refractivity contribution is 5.72. The topological polar surface area (TPSA) is 41.6 Å². The Labute approximate surface area is 108 Å². The third-order valence-corrected chi connectivity index (χ3v) is 3.13. The molecule has 1 aromatic rings. The van der Waals surface area contributed by atoms with Crippen LogP contribution in [0.3, 0.4) is 0 Å². The van der Waals surface area contributed by atoms with Crippen LogP contribution in [0.2, 0.25) is 0 Å². The van der Waals surface area contributed by atoms with Crippen LogP contribution in [-0.2, 0) is 11.4 Å². The summed E-state index contributed by atoms with van der Waals surface area (Å²) in [7, 11) is 0. The lowest BCUT2D eigenvalue weighted by molar-refractivity contribution is 0.0368. The average Bonchev–Trinajstić information content (AvgIpc) is 2.69. The minimum absolute atomic E-state index is 0.118. The van der Waals surface area contributed by atoms with Gasteiger partial charge >= 0.3 is 6.03 Å². The molecular weight excluding hydrogens is 228 g/mol. The molecule has 0 radical (unpaired) electrons. The minimum atomic E-state index is -0.118. The largest absolute Gasteiger partial charge is 0.341 e. The Bertz CT molecular complexity index is 359. The van der Waals surface area contributed by atoms with E-state index in [-0.39, 0.29) is 6.03 Å². The van der Waals surface area contributed by atoms with Crippen molar-refractivity contribution in [2.45, 2.75) is 32.3 Å². The van der Waals surface area contributed by atoms with E-state index < -0.39 is 0 Å². The number of nitrogens with one attached hydrogen (secondary N) is 1. The summed E-state index contributed by atoms with van der Waals surface area (Å²) in [5.41, 5.74) is 3.57. The van der Waals surface area contributed by atoms with E-state index in [1.54, 1.807) is 0 Å². The number of urea groups is 1. The number of nitrogens with zero attached hydrogens (tertiary/aromatic N) is 1. The quantitative estimate of drug-likeness (QED) is 0.836. The van der Waals surface area contributed by atoms with Gasteiger partial charge in [0.2, 0.25) is 0 Å². The molecule has 0 aliphatic carbocycles. The standard InChI is InChI=1S/C14H20N2O2/c17-14(16-10-6-1-2-7-11-16)15-18-12-13-8-4-3-5-9-13/h3-5,8-9H,1-2,6-7,10-12H2,(H,15,17). The summed E-state index contributed by atoms with van der Waals surface area (Å²) in [6.07, 6.45) is 4.61. The Hall–Kier alpha value is -1.55. The molecule has 0 atom stereocenters. The van der Waals surface area contributed by atoms with Crippen LogP contribution < -0.4 is 5.48 Å². The molecule has 2 amide bonds. The molecule has 0 saturated carbocycles. The average molecular weight is 248 g/mol. The van der Waals surface area contributed by atoms with Crippen LogP contribution in [0, 0.1) is 0 Å². The van der Waals surface area contributed by atoms with Gasteiger partial charge in [-0.3, -0.25) is 4.84 Å². The van der Waals surface area contributed by atoms with Crippen molar-refractivity contribution in [1.29, 1.82) is 0 Å². The molecule has 0 aromatic heterocycles. The van der Waals surface area contributed by atoms with Gasteiger partial charge in [0.25, 0.3) is 0 Å². The molecule has 1 aliphatic heterocycles. The third-order valence-electron chi connectivity index (χ3n) is 3.13. The van der Waals surface area contributed by atoms with Gasteiger partial charge in [0.05, 0.1) is 6.61 Å². The first-order chi connectivity index (χ1) is 8.86. The van der Waals surface area contributed by atoms with Crippen molar-refractivity contribution >= 4 is 6.03 Å². The Morgan fingerprint density at radius 1 is 1.11 bits per heavy atom. The molecule has 0 spiro atoms. The van der Waals surface area contributed by atoms with Crippen molar-refractivity contribution in [3.05, 3.63) is 35.9 Å². The second-order valence-electron chi connectivity index (χ2n) is 4.58. The predicted molar refractivity (Wildman–Crippen MR) is 69.8 cm³/mol. The normalized spacial score (nSPS) is 16.1. The van der Waals surface area contributed by atoms with E-state index in [9.17, 15) is 4.79 Å². The molecule has 1 heterocycles. The molecule has 1 aromatic carbocycles. The van der Waals surface area contributed by atoms with Crippen LogP contribution in [0.1, 0.15) is 31.2 Å². The third kappa shape index (κ3) is 4.04. The van der Waals surface area contributed by atoms with E-state index in [1.807, 2.05) is 35.2 Å². The van der Waals surface area contributed by atoms with Crippen molar-refractivity contribution in [1.82, 2.24) is 10.4 Å². The Balaban J connectivity index is 1.71. The van der Waals surface area contributed by atoms with Gasteiger partial charge < -0.3 is 4.90 Å². The Kier molecular flexibility index (Phi) is 5.02. The maximum Gasteiger partial charge on any atom is 0.341 e. The van der Waals surface area contributed by atoms with Crippen molar-refractivity contribution in [2.75, 3.05) is 13.1 Å². The summed E-state index contributed by atoms with van der Waals surface area (Å²) >= 11 is 0. The zero-order valence-electron chi connectivity index (χ0n) is 10.6. The molecule has 1 fully saturated rings. The summed E-state index contributed by atoms with van der Waals surface area (Å²) < 4.78 is 0. The first-order valence-corrected chi connectivity index (χ1v) is 6.57. The van der Waals surface area contributed by atoms with Crippen LogP contribution in [-0.4, -0.2) is 24.0 Å². The van der Waals surface area contributed by atoms with Gasteiger partial charge in [-0.25, -0.2) is 10.3 Å². The first-order valence-electron chi connectivity index (χ1n) is 6.57. The van der Waals surface area contributed by atoms with Crippen LogP contribution in [0.5, 0.6) is 0 Å². The highest BCUT2D eigenvalue weighted by Gasteiger charge is 2.14. The van der Waals surface area contributed by atoms with Gasteiger partial charge in [-0.05, 0) is 18.4 Å². The minimum Gasteiger partial charge on any atom is -0.323 e. The van der Waals surface area contributed by atoms with Gasteiger partial charge in [0.15, 0.2) is 0 Å². The fourth-order valence-electron chi connectivity index (χ4n) is 2.09.